The molecule has 0 saturated carbocycles. The van der Waals surface area contributed by atoms with Crippen molar-refractivity contribution in [1.82, 2.24) is 0 Å². The number of hydrogen-bond donors (Lipinski definition) is 1. The molecule has 3 heteroatoms. The van der Waals surface area contributed by atoms with Gasteiger partial charge in [-0.25, -0.2) is 0 Å². The highest BCUT2D eigenvalue weighted by atomic mass is 28.4. The molecule has 2 nitrogen and oxygen atoms in total. The average molecular weight is 245 g/mol. The van der Waals surface area contributed by atoms with Crippen molar-refractivity contribution in [2.75, 3.05) is 13.2 Å². The minimum Gasteiger partial charge on any atom is -0.417 e. The van der Waals surface area contributed by atoms with Crippen LogP contribution in [0.25, 0.3) is 0 Å². The van der Waals surface area contributed by atoms with Gasteiger partial charge in [-0.2, -0.15) is 0 Å². The fourth-order valence-corrected chi connectivity index (χ4v) is 6.79. The first kappa shape index (κ1) is 16.1. The minimum atomic E-state index is -1.43. The molecule has 0 amide bonds. The van der Waals surface area contributed by atoms with E-state index in [2.05, 4.69) is 20.8 Å². The predicted molar refractivity (Wildman–Crippen MR) is 75.3 cm³/mol. The molecule has 0 radical (unpaired) electrons. The van der Waals surface area contributed by atoms with Gasteiger partial charge in [-0.1, -0.05) is 40.0 Å². The second-order valence-electron chi connectivity index (χ2n) is 4.78. The Kier molecular flexibility index (Phi) is 10.4. The maximum atomic E-state index is 6.34. The minimum absolute atomic E-state index is 0.819. The van der Waals surface area contributed by atoms with Crippen molar-refractivity contribution in [3.63, 3.8) is 0 Å². The molecule has 16 heavy (non-hydrogen) atoms. The van der Waals surface area contributed by atoms with Gasteiger partial charge >= 0.3 is 0 Å². The van der Waals surface area contributed by atoms with Gasteiger partial charge in [0, 0.05) is 6.61 Å². The molecule has 0 bridgehead atoms. The van der Waals surface area contributed by atoms with E-state index in [1.807, 2.05) is 0 Å². The van der Waals surface area contributed by atoms with Gasteiger partial charge in [0.05, 0.1) is 0 Å². The second kappa shape index (κ2) is 10.3. The molecule has 0 aliphatic rings. The van der Waals surface area contributed by atoms with Gasteiger partial charge in [-0.15, -0.1) is 0 Å². The summed E-state index contributed by atoms with van der Waals surface area (Å²) < 4.78 is 6.34. The van der Waals surface area contributed by atoms with Crippen LogP contribution in [0.1, 0.15) is 52.9 Å². The molecule has 0 aromatic heterocycles. The van der Waals surface area contributed by atoms with E-state index in [4.69, 9.17) is 10.2 Å². The van der Waals surface area contributed by atoms with Crippen molar-refractivity contribution in [3.05, 3.63) is 0 Å². The van der Waals surface area contributed by atoms with Crippen LogP contribution in [0.5, 0.6) is 0 Å². The zero-order chi connectivity index (χ0) is 12.3. The van der Waals surface area contributed by atoms with Crippen LogP contribution in [-0.4, -0.2) is 21.5 Å². The third kappa shape index (κ3) is 6.66. The second-order valence-corrected chi connectivity index (χ2v) is 8.93. The van der Waals surface area contributed by atoms with Crippen molar-refractivity contribution < 1.29 is 4.43 Å². The largest absolute Gasteiger partial charge is 0.417 e. The maximum absolute atomic E-state index is 6.34. The van der Waals surface area contributed by atoms with E-state index in [-0.39, 0.29) is 0 Å². The molecular weight excluding hydrogens is 214 g/mol. The van der Waals surface area contributed by atoms with Crippen LogP contribution in [-0.2, 0) is 4.43 Å². The van der Waals surface area contributed by atoms with Crippen molar-refractivity contribution in [1.29, 1.82) is 0 Å². The Morgan fingerprint density at radius 1 is 0.875 bits per heavy atom. The van der Waals surface area contributed by atoms with Crippen LogP contribution in [0.4, 0.5) is 0 Å². The molecule has 0 heterocycles. The van der Waals surface area contributed by atoms with Crippen LogP contribution >= 0.6 is 0 Å². The summed E-state index contributed by atoms with van der Waals surface area (Å²) >= 11 is 0. The van der Waals surface area contributed by atoms with E-state index in [9.17, 15) is 0 Å². The summed E-state index contributed by atoms with van der Waals surface area (Å²) in [7, 11) is -1.43. The van der Waals surface area contributed by atoms with Crippen LogP contribution in [0, 0.1) is 0 Å². The Labute approximate surface area is 103 Å². The summed E-state index contributed by atoms with van der Waals surface area (Å²) in [4.78, 5) is 0. The Morgan fingerprint density at radius 2 is 1.50 bits per heavy atom. The quantitative estimate of drug-likeness (QED) is 0.442. The first-order chi connectivity index (χ1) is 7.74. The summed E-state index contributed by atoms with van der Waals surface area (Å²) in [6.45, 7) is 8.59. The lowest BCUT2D eigenvalue weighted by Crippen LogP contribution is -2.38. The molecule has 0 aliphatic heterocycles. The van der Waals surface area contributed by atoms with Crippen LogP contribution in [0.2, 0.25) is 18.1 Å². The fraction of sp³-hybridized carbons (Fsp3) is 1.00. The normalized spacial score (nSPS) is 12.0. The summed E-state index contributed by atoms with van der Waals surface area (Å²) in [5.41, 5.74) is 5.65. The number of nitrogens with two attached hydrogens (primary N) is 1. The number of hydrogen-bond acceptors (Lipinski definition) is 2. The third-order valence-electron chi connectivity index (χ3n) is 3.15. The molecule has 2 N–H and O–H groups in total. The van der Waals surface area contributed by atoms with Crippen LogP contribution < -0.4 is 5.73 Å². The van der Waals surface area contributed by atoms with Gasteiger partial charge in [-0.3, -0.25) is 0 Å². The topological polar surface area (TPSA) is 35.2 Å². The lowest BCUT2D eigenvalue weighted by Gasteiger charge is -2.31. The monoisotopic (exact) mass is 245 g/mol. The van der Waals surface area contributed by atoms with Gasteiger partial charge < -0.3 is 10.2 Å². The Morgan fingerprint density at radius 3 is 1.94 bits per heavy atom. The summed E-state index contributed by atoms with van der Waals surface area (Å²) in [6.07, 6.45) is 6.13. The Hall–Kier alpha value is 0.137. The molecule has 0 aromatic rings. The molecule has 0 aliphatic carbocycles. The van der Waals surface area contributed by atoms with Gasteiger partial charge in [0.15, 0.2) is 8.32 Å². The molecule has 0 atom stereocenters. The smallest absolute Gasteiger partial charge is 0.192 e. The molecule has 0 rings (SSSR count). The third-order valence-corrected chi connectivity index (χ3v) is 8.06. The van der Waals surface area contributed by atoms with Gasteiger partial charge in [0.2, 0.25) is 0 Å². The highest BCUT2D eigenvalue weighted by molar-refractivity contribution is 6.73. The molecule has 98 valence electrons. The van der Waals surface area contributed by atoms with Crippen molar-refractivity contribution in [3.8, 4) is 0 Å². The van der Waals surface area contributed by atoms with E-state index in [1.165, 1.54) is 43.8 Å². The Bertz CT molecular complexity index is 147. The number of unbranched alkanes of at least 4 members (excludes halogenated alkanes) is 1. The lowest BCUT2D eigenvalue weighted by atomic mass is 10.4. The first-order valence-electron chi connectivity index (χ1n) is 7.08. The maximum Gasteiger partial charge on any atom is 0.192 e. The van der Waals surface area contributed by atoms with Crippen LogP contribution in [0.3, 0.4) is 0 Å². The highest BCUT2D eigenvalue weighted by Crippen LogP contribution is 2.27. The van der Waals surface area contributed by atoms with Crippen molar-refractivity contribution in [2.24, 2.45) is 5.73 Å². The zero-order valence-electron chi connectivity index (χ0n) is 11.6. The highest BCUT2D eigenvalue weighted by Gasteiger charge is 2.32. The molecular formula is C13H31NOSi. The SMILES string of the molecule is CCCCO[Si](CCC)(CCC)CCCN. The average Bonchev–Trinajstić information content (AvgIpc) is 2.27. The van der Waals surface area contributed by atoms with E-state index < -0.39 is 8.32 Å². The first-order valence-corrected chi connectivity index (χ1v) is 9.61. The summed E-state index contributed by atoms with van der Waals surface area (Å²) in [5.74, 6) is 0. The van der Waals surface area contributed by atoms with Crippen molar-refractivity contribution >= 4 is 8.32 Å². The van der Waals surface area contributed by atoms with Crippen LogP contribution in [0.15, 0.2) is 0 Å². The summed E-state index contributed by atoms with van der Waals surface area (Å²) in [6, 6.07) is 3.92. The fourth-order valence-electron chi connectivity index (χ4n) is 2.36. The van der Waals surface area contributed by atoms with E-state index in [1.54, 1.807) is 0 Å². The van der Waals surface area contributed by atoms with Gasteiger partial charge in [0.1, 0.15) is 0 Å². The lowest BCUT2D eigenvalue weighted by molar-refractivity contribution is 0.287. The summed E-state index contributed by atoms with van der Waals surface area (Å²) in [5, 5.41) is 0. The number of rotatable bonds is 11. The molecule has 0 aromatic carbocycles. The van der Waals surface area contributed by atoms with E-state index in [0.717, 1.165) is 19.6 Å². The van der Waals surface area contributed by atoms with Gasteiger partial charge in [-0.05, 0) is 37.5 Å². The molecule has 0 fully saturated rings. The van der Waals surface area contributed by atoms with Gasteiger partial charge in [0.25, 0.3) is 0 Å². The standard InChI is InChI=1S/C13H31NOSi/c1-4-7-10-15-16(11-5-2,12-6-3)13-8-9-14/h4-14H2,1-3H3. The zero-order valence-corrected chi connectivity index (χ0v) is 12.6. The predicted octanol–water partition coefficient (Wildman–Crippen LogP) is 3.92. The molecule has 0 spiro atoms. The van der Waals surface area contributed by atoms with Crippen molar-refractivity contribution in [2.45, 2.75) is 71.0 Å². The Balaban J connectivity index is 4.24. The van der Waals surface area contributed by atoms with E-state index in [0.29, 0.717) is 0 Å². The molecule has 0 saturated heterocycles. The van der Waals surface area contributed by atoms with E-state index >= 15 is 0 Å². The molecule has 0 unspecified atom stereocenters.